The number of imidazole rings is 1. The molecule has 1 saturated heterocycles. The van der Waals surface area contributed by atoms with E-state index in [-0.39, 0.29) is 29.7 Å². The minimum absolute atomic E-state index is 0.0324. The van der Waals surface area contributed by atoms with Gasteiger partial charge in [0.25, 0.3) is 5.91 Å². The molecule has 2 aromatic heterocycles. The van der Waals surface area contributed by atoms with Gasteiger partial charge in [-0.15, -0.1) is 0 Å². The Labute approximate surface area is 314 Å². The van der Waals surface area contributed by atoms with Crippen LogP contribution in [-0.2, 0) is 19.3 Å². The summed E-state index contributed by atoms with van der Waals surface area (Å²) >= 11 is 0. The molecule has 4 aromatic carbocycles. The van der Waals surface area contributed by atoms with Crippen LogP contribution in [-0.4, -0.2) is 91.1 Å². The van der Waals surface area contributed by atoms with E-state index in [1.54, 1.807) is 41.0 Å². The topological polar surface area (TPSA) is 132 Å². The zero-order valence-electron chi connectivity index (χ0n) is 31.0. The van der Waals surface area contributed by atoms with Gasteiger partial charge in [0.05, 0.1) is 38.8 Å². The average Bonchev–Trinajstić information content (AvgIpc) is 3.89. The van der Waals surface area contributed by atoms with Gasteiger partial charge in [0.1, 0.15) is 41.4 Å². The molecule has 54 heavy (non-hydrogen) atoms. The third-order valence-corrected chi connectivity index (χ3v) is 10.0. The molecule has 1 aliphatic rings. The molecule has 12 nitrogen and oxygen atoms in total. The number of aryl methyl sites for hydroxylation is 2. The first-order valence-corrected chi connectivity index (χ1v) is 18.1. The van der Waals surface area contributed by atoms with Crippen molar-refractivity contribution in [3.63, 3.8) is 0 Å². The number of aromatic nitrogens is 4. The van der Waals surface area contributed by atoms with Crippen LogP contribution >= 0.6 is 0 Å². The van der Waals surface area contributed by atoms with E-state index >= 15 is 0 Å². The molecule has 1 aliphatic heterocycles. The van der Waals surface area contributed by atoms with Crippen LogP contribution in [0.3, 0.4) is 0 Å². The molecule has 0 bridgehead atoms. The Hall–Kier alpha value is -6.17. The number of carbonyl (C=O) groups excluding carboxylic acids is 2. The summed E-state index contributed by atoms with van der Waals surface area (Å²) in [5.74, 6) is 2.94. The molecular weight excluding hydrogens is 684 g/mol. The third-order valence-electron chi connectivity index (χ3n) is 10.0. The maximum Gasteiger partial charge on any atom is 0.257 e. The second-order valence-corrected chi connectivity index (χ2v) is 13.5. The highest BCUT2D eigenvalue weighted by atomic mass is 16.5. The molecule has 0 aliphatic carbocycles. The van der Waals surface area contributed by atoms with Gasteiger partial charge in [-0.3, -0.25) is 9.59 Å². The fourth-order valence-electron chi connectivity index (χ4n) is 7.16. The number of anilines is 1. The van der Waals surface area contributed by atoms with Crippen molar-refractivity contribution in [3.8, 4) is 23.0 Å². The van der Waals surface area contributed by atoms with E-state index in [0.29, 0.717) is 53.8 Å². The zero-order valence-corrected chi connectivity index (χ0v) is 31.0. The molecule has 1 atom stereocenters. The van der Waals surface area contributed by atoms with Crippen molar-refractivity contribution in [3.05, 3.63) is 107 Å². The lowest BCUT2D eigenvalue weighted by Gasteiger charge is -2.26. The molecule has 0 unspecified atom stereocenters. The number of hydrogen-bond donors (Lipinski definition) is 1. The second kappa shape index (κ2) is 16.2. The van der Waals surface area contributed by atoms with Gasteiger partial charge in [0, 0.05) is 43.4 Å². The van der Waals surface area contributed by atoms with E-state index in [2.05, 4.69) is 24.8 Å². The molecule has 6 aromatic rings. The molecular formula is C42H44N6O6. The van der Waals surface area contributed by atoms with Crippen LogP contribution in [0.4, 0.5) is 5.82 Å². The predicted octanol–water partition coefficient (Wildman–Crippen LogP) is 6.49. The van der Waals surface area contributed by atoms with Gasteiger partial charge in [-0.1, -0.05) is 30.3 Å². The molecule has 7 rings (SSSR count). The number of H-pyrrole nitrogens is 1. The van der Waals surface area contributed by atoms with Crippen LogP contribution < -0.4 is 23.8 Å². The van der Waals surface area contributed by atoms with Crippen LogP contribution in [0, 0.1) is 0 Å². The first kappa shape index (κ1) is 36.2. The van der Waals surface area contributed by atoms with Crippen LogP contribution in [0.2, 0.25) is 0 Å². The first-order valence-electron chi connectivity index (χ1n) is 18.1. The van der Waals surface area contributed by atoms with E-state index in [0.717, 1.165) is 65.2 Å². The summed E-state index contributed by atoms with van der Waals surface area (Å²) in [4.78, 5) is 47.2. The quantitative estimate of drug-likeness (QED) is 0.117. The van der Waals surface area contributed by atoms with Gasteiger partial charge in [0.15, 0.2) is 17.8 Å². The van der Waals surface area contributed by atoms with Crippen molar-refractivity contribution < 1.29 is 28.5 Å². The normalized spacial score (nSPS) is 14.0. The molecule has 0 spiro atoms. The maximum absolute atomic E-state index is 13.9. The Kier molecular flexibility index (Phi) is 10.9. The predicted molar refractivity (Wildman–Crippen MR) is 207 cm³/mol. The summed E-state index contributed by atoms with van der Waals surface area (Å²) in [6.07, 6.45) is 7.77. The summed E-state index contributed by atoms with van der Waals surface area (Å²) in [7, 11) is 6.63. The van der Waals surface area contributed by atoms with E-state index in [4.69, 9.17) is 18.9 Å². The van der Waals surface area contributed by atoms with Crippen LogP contribution in [0.1, 0.15) is 50.2 Å². The van der Waals surface area contributed by atoms with Gasteiger partial charge in [-0.25, -0.2) is 15.0 Å². The molecule has 1 amide bonds. The smallest absolute Gasteiger partial charge is 0.257 e. The Balaban J connectivity index is 1.26. The summed E-state index contributed by atoms with van der Waals surface area (Å²) in [5, 5.41) is 1.39. The lowest BCUT2D eigenvalue weighted by atomic mass is 9.91. The number of fused-ring (bicyclic) bond motifs is 2. The maximum atomic E-state index is 13.9. The summed E-state index contributed by atoms with van der Waals surface area (Å²) in [5.41, 5.74) is 5.02. The number of nitrogens with zero attached hydrogens (tertiary/aromatic N) is 5. The van der Waals surface area contributed by atoms with Crippen LogP contribution in [0.5, 0.6) is 23.0 Å². The number of carbonyl (C=O) groups is 2. The second-order valence-electron chi connectivity index (χ2n) is 13.5. The molecule has 1 N–H and O–H groups in total. The van der Waals surface area contributed by atoms with Crippen molar-refractivity contribution in [1.29, 1.82) is 0 Å². The fraction of sp³-hybridized carbons (Fsp3) is 0.310. The Morgan fingerprint density at radius 3 is 2.30 bits per heavy atom. The summed E-state index contributed by atoms with van der Waals surface area (Å²) in [6.45, 7) is 1.48. The lowest BCUT2D eigenvalue weighted by molar-refractivity contribution is 0.0820. The molecule has 0 saturated carbocycles. The summed E-state index contributed by atoms with van der Waals surface area (Å²) < 4.78 is 23.8. The molecule has 1 fully saturated rings. The molecule has 0 radical (unpaired) electrons. The van der Waals surface area contributed by atoms with Gasteiger partial charge in [0.2, 0.25) is 0 Å². The standard InChI is InChI=1S/C42H44N6O6/c1-47(2)42(50)38-34(23-49)37-29(12-7-27-8-14-31(51-3)15-9-27)13-18-35(33(37)22-36(38)53-21-19-28-10-16-32(52-4)17-11-28)54-24-30-6-5-20-48(30)41-39-40(44-25-43-39)45-26-46-41/h8-11,13-18,22-23,25-26,30H,5-7,12,19-21,24H2,1-4H3,(H,43,44,45,46)/t30-/m1/s1. The van der Waals surface area contributed by atoms with E-state index < -0.39 is 0 Å². The SMILES string of the molecule is COc1ccc(CCOc2cc3c(OC[C@H]4CCCN4c4ncnc5[nH]cnc45)ccc(CCc4ccc(OC)cc4)c3c(C=O)c2C(=O)N(C)C)cc1. The summed E-state index contributed by atoms with van der Waals surface area (Å²) in [6, 6.07) is 21.6. The largest absolute Gasteiger partial charge is 0.497 e. The number of methoxy groups -OCH3 is 2. The number of rotatable bonds is 15. The monoisotopic (exact) mass is 728 g/mol. The van der Waals surface area contributed by atoms with Gasteiger partial charge in [-0.2, -0.15) is 0 Å². The number of aldehydes is 1. The van der Waals surface area contributed by atoms with Crippen molar-refractivity contribution >= 4 is 39.9 Å². The van der Waals surface area contributed by atoms with E-state index in [1.807, 2.05) is 66.7 Å². The highest BCUT2D eigenvalue weighted by molar-refractivity contribution is 6.14. The molecule has 3 heterocycles. The average molecular weight is 729 g/mol. The van der Waals surface area contributed by atoms with Gasteiger partial charge in [-0.05, 0) is 78.8 Å². The Morgan fingerprint density at radius 1 is 0.889 bits per heavy atom. The van der Waals surface area contributed by atoms with Crippen LogP contribution in [0.15, 0.2) is 79.4 Å². The van der Waals surface area contributed by atoms with Crippen molar-refractivity contribution in [2.24, 2.45) is 0 Å². The zero-order chi connectivity index (χ0) is 37.6. The number of amides is 1. The first-order chi connectivity index (χ1) is 26.4. The Bertz CT molecular complexity index is 2250. The molecule has 12 heteroatoms. The highest BCUT2D eigenvalue weighted by Gasteiger charge is 2.30. The van der Waals surface area contributed by atoms with Crippen molar-refractivity contribution in [2.45, 2.75) is 38.1 Å². The number of aromatic amines is 1. The molecule has 278 valence electrons. The number of hydrogen-bond acceptors (Lipinski definition) is 10. The number of nitrogens with one attached hydrogen (secondary N) is 1. The lowest BCUT2D eigenvalue weighted by Crippen LogP contribution is -2.35. The minimum atomic E-state index is -0.318. The number of benzene rings is 4. The van der Waals surface area contributed by atoms with Gasteiger partial charge < -0.3 is 33.7 Å². The van der Waals surface area contributed by atoms with Crippen molar-refractivity contribution in [1.82, 2.24) is 24.8 Å². The van der Waals surface area contributed by atoms with Gasteiger partial charge >= 0.3 is 0 Å². The minimum Gasteiger partial charge on any atom is -0.497 e. The van der Waals surface area contributed by atoms with Crippen molar-refractivity contribution in [2.75, 3.05) is 53.0 Å². The highest BCUT2D eigenvalue weighted by Crippen LogP contribution is 2.39. The van der Waals surface area contributed by atoms with E-state index in [9.17, 15) is 9.59 Å². The fourth-order valence-corrected chi connectivity index (χ4v) is 7.16. The number of ether oxygens (including phenoxy) is 4. The Morgan fingerprint density at radius 2 is 1.61 bits per heavy atom. The third kappa shape index (κ3) is 7.50. The van der Waals surface area contributed by atoms with E-state index in [1.165, 1.54) is 4.90 Å². The van der Waals surface area contributed by atoms with Crippen LogP contribution in [0.25, 0.3) is 21.9 Å².